The van der Waals surface area contributed by atoms with Crippen molar-refractivity contribution in [2.75, 3.05) is 0 Å². The van der Waals surface area contributed by atoms with E-state index in [1.807, 2.05) is 24.3 Å². The smallest absolute Gasteiger partial charge is 0.343 e. The van der Waals surface area contributed by atoms with Gasteiger partial charge in [-0.1, -0.05) is 82.5 Å². The molecule has 0 fully saturated rings. The Labute approximate surface area is 198 Å². The van der Waals surface area contributed by atoms with Crippen molar-refractivity contribution in [1.82, 2.24) is 0 Å². The Kier molecular flexibility index (Phi) is 8.84. The second kappa shape index (κ2) is 12.0. The van der Waals surface area contributed by atoms with Gasteiger partial charge in [0.15, 0.2) is 0 Å². The van der Waals surface area contributed by atoms with Gasteiger partial charge in [-0.15, -0.1) is 0 Å². The number of esters is 1. The Balaban J connectivity index is 1.66. The summed E-state index contributed by atoms with van der Waals surface area (Å²) in [6.07, 6.45) is 6.61. The lowest BCUT2D eigenvalue weighted by atomic mass is 9.96. The standard InChI is InChI=1S/C30H33NO2/c1-4-6-7-8-23-11-18-29(28(20-23)21-31)33-30(32)27-16-14-26(15-17-27)25-12-9-24(10-13-25)19-22(3)5-2/h9-18,20,22H,4-8,19H2,1-3H3. The molecule has 3 nitrogen and oxygen atoms in total. The van der Waals surface area contributed by atoms with Crippen molar-refractivity contribution >= 4 is 5.97 Å². The largest absolute Gasteiger partial charge is 0.422 e. The third kappa shape index (κ3) is 6.80. The van der Waals surface area contributed by atoms with Gasteiger partial charge >= 0.3 is 5.97 Å². The van der Waals surface area contributed by atoms with Crippen LogP contribution in [0.25, 0.3) is 11.1 Å². The van der Waals surface area contributed by atoms with E-state index in [0.29, 0.717) is 22.8 Å². The van der Waals surface area contributed by atoms with Gasteiger partial charge in [0, 0.05) is 0 Å². The zero-order valence-electron chi connectivity index (χ0n) is 19.9. The number of unbranched alkanes of at least 4 members (excludes halogenated alkanes) is 2. The van der Waals surface area contributed by atoms with Crippen molar-refractivity contribution < 1.29 is 9.53 Å². The molecular formula is C30H33NO2. The van der Waals surface area contributed by atoms with Crippen LogP contribution in [0.2, 0.25) is 0 Å². The quantitative estimate of drug-likeness (QED) is 0.184. The van der Waals surface area contributed by atoms with Crippen LogP contribution in [0.3, 0.4) is 0 Å². The number of carbonyl (C=O) groups excluding carboxylic acids is 1. The zero-order valence-corrected chi connectivity index (χ0v) is 19.9. The molecule has 0 radical (unpaired) electrons. The topological polar surface area (TPSA) is 50.1 Å². The molecule has 0 aromatic heterocycles. The van der Waals surface area contributed by atoms with Crippen molar-refractivity contribution in [3.8, 4) is 22.9 Å². The number of aryl methyl sites for hydroxylation is 1. The van der Waals surface area contributed by atoms with Gasteiger partial charge in [-0.3, -0.25) is 0 Å². The van der Waals surface area contributed by atoms with Gasteiger partial charge in [-0.25, -0.2) is 4.79 Å². The molecule has 0 amide bonds. The lowest BCUT2D eigenvalue weighted by Gasteiger charge is -2.10. The van der Waals surface area contributed by atoms with E-state index in [2.05, 4.69) is 51.1 Å². The fourth-order valence-corrected chi connectivity index (χ4v) is 3.83. The summed E-state index contributed by atoms with van der Waals surface area (Å²) in [4.78, 5) is 12.7. The summed E-state index contributed by atoms with van der Waals surface area (Å²) in [6, 6.07) is 23.7. The van der Waals surface area contributed by atoms with Crippen molar-refractivity contribution in [1.29, 1.82) is 5.26 Å². The van der Waals surface area contributed by atoms with Gasteiger partial charge in [0.2, 0.25) is 0 Å². The van der Waals surface area contributed by atoms with E-state index in [9.17, 15) is 10.1 Å². The number of carbonyl (C=O) groups is 1. The molecule has 3 rings (SSSR count). The minimum absolute atomic E-state index is 0.308. The first-order chi connectivity index (χ1) is 16.0. The van der Waals surface area contributed by atoms with Crippen molar-refractivity contribution in [3.63, 3.8) is 0 Å². The number of hydrogen-bond acceptors (Lipinski definition) is 3. The third-order valence-electron chi connectivity index (χ3n) is 6.13. The first kappa shape index (κ1) is 24.3. The SMILES string of the molecule is CCCCCc1ccc(OC(=O)c2ccc(-c3ccc(CC(C)CC)cc3)cc2)c(C#N)c1. The van der Waals surface area contributed by atoms with E-state index in [0.717, 1.165) is 48.8 Å². The maximum atomic E-state index is 12.7. The number of nitrogens with zero attached hydrogens (tertiary/aromatic N) is 1. The molecule has 3 heteroatoms. The first-order valence-corrected chi connectivity index (χ1v) is 12.0. The first-order valence-electron chi connectivity index (χ1n) is 12.0. The highest BCUT2D eigenvalue weighted by atomic mass is 16.5. The van der Waals surface area contributed by atoms with Crippen LogP contribution >= 0.6 is 0 Å². The molecule has 1 atom stereocenters. The van der Waals surface area contributed by atoms with Crippen LogP contribution in [0.5, 0.6) is 5.75 Å². The van der Waals surface area contributed by atoms with Crippen molar-refractivity contribution in [3.05, 3.63) is 89.0 Å². The summed E-state index contributed by atoms with van der Waals surface area (Å²) in [7, 11) is 0. The lowest BCUT2D eigenvalue weighted by Crippen LogP contribution is -2.09. The molecule has 3 aromatic rings. The normalized spacial score (nSPS) is 11.6. The van der Waals surface area contributed by atoms with E-state index < -0.39 is 5.97 Å². The maximum absolute atomic E-state index is 12.7. The summed E-state index contributed by atoms with van der Waals surface area (Å²) < 4.78 is 5.55. The van der Waals surface area contributed by atoms with Crippen LogP contribution in [0, 0.1) is 17.2 Å². The lowest BCUT2D eigenvalue weighted by molar-refractivity contribution is 0.0734. The molecule has 0 bridgehead atoms. The van der Waals surface area contributed by atoms with Crippen LogP contribution in [-0.2, 0) is 12.8 Å². The van der Waals surface area contributed by atoms with Gasteiger partial charge < -0.3 is 4.74 Å². The van der Waals surface area contributed by atoms with Crippen molar-refractivity contribution in [2.24, 2.45) is 5.92 Å². The second-order valence-corrected chi connectivity index (χ2v) is 8.78. The number of benzene rings is 3. The fourth-order valence-electron chi connectivity index (χ4n) is 3.83. The van der Waals surface area contributed by atoms with E-state index in [1.54, 1.807) is 18.2 Å². The molecule has 0 saturated heterocycles. The number of ether oxygens (including phenoxy) is 1. The highest BCUT2D eigenvalue weighted by Gasteiger charge is 2.13. The summed E-state index contributed by atoms with van der Waals surface area (Å²) >= 11 is 0. The molecule has 33 heavy (non-hydrogen) atoms. The Morgan fingerprint density at radius 1 is 0.909 bits per heavy atom. The molecule has 170 valence electrons. The molecule has 0 spiro atoms. The molecule has 0 aliphatic heterocycles. The van der Waals surface area contributed by atoms with E-state index in [4.69, 9.17) is 4.74 Å². The number of hydrogen-bond donors (Lipinski definition) is 0. The molecule has 0 saturated carbocycles. The van der Waals surface area contributed by atoms with E-state index >= 15 is 0 Å². The summed E-state index contributed by atoms with van der Waals surface area (Å²) in [5.74, 6) is 0.531. The van der Waals surface area contributed by atoms with Crippen molar-refractivity contribution in [2.45, 2.75) is 59.3 Å². The minimum Gasteiger partial charge on any atom is -0.422 e. The second-order valence-electron chi connectivity index (χ2n) is 8.78. The van der Waals surface area contributed by atoms with E-state index in [1.165, 1.54) is 12.0 Å². The summed E-state index contributed by atoms with van der Waals surface area (Å²) in [6.45, 7) is 6.66. The Bertz CT molecular complexity index is 1090. The van der Waals surface area contributed by atoms with Gasteiger partial charge in [-0.2, -0.15) is 5.26 Å². The molecule has 0 aliphatic rings. The summed E-state index contributed by atoms with van der Waals surface area (Å²) in [5, 5.41) is 9.50. The number of rotatable bonds is 10. The molecule has 0 heterocycles. The highest BCUT2D eigenvalue weighted by Crippen LogP contribution is 2.24. The van der Waals surface area contributed by atoms with Gasteiger partial charge in [0.25, 0.3) is 0 Å². The molecule has 1 unspecified atom stereocenters. The fraction of sp³-hybridized carbons (Fsp3) is 0.333. The predicted octanol–water partition coefficient (Wildman–Crippen LogP) is 7.77. The van der Waals surface area contributed by atoms with Crippen LogP contribution in [0.1, 0.15) is 73.5 Å². The molecule has 0 N–H and O–H groups in total. The van der Waals surface area contributed by atoms with Gasteiger partial charge in [-0.05, 0) is 71.7 Å². The van der Waals surface area contributed by atoms with Crippen LogP contribution in [-0.4, -0.2) is 5.97 Å². The van der Waals surface area contributed by atoms with Crippen LogP contribution in [0.15, 0.2) is 66.7 Å². The average molecular weight is 440 g/mol. The monoisotopic (exact) mass is 439 g/mol. The molecule has 0 aliphatic carbocycles. The average Bonchev–Trinajstić information content (AvgIpc) is 2.85. The van der Waals surface area contributed by atoms with Gasteiger partial charge in [0.05, 0.1) is 11.1 Å². The highest BCUT2D eigenvalue weighted by molar-refractivity contribution is 5.92. The van der Waals surface area contributed by atoms with Crippen LogP contribution in [0.4, 0.5) is 0 Å². The zero-order chi connectivity index (χ0) is 23.6. The maximum Gasteiger partial charge on any atom is 0.343 e. The minimum atomic E-state index is -0.458. The third-order valence-corrected chi connectivity index (χ3v) is 6.13. The van der Waals surface area contributed by atoms with Crippen LogP contribution < -0.4 is 4.74 Å². The predicted molar refractivity (Wildman–Crippen MR) is 134 cm³/mol. The van der Waals surface area contributed by atoms with Gasteiger partial charge in [0.1, 0.15) is 11.8 Å². The molecule has 3 aromatic carbocycles. The van der Waals surface area contributed by atoms with E-state index in [-0.39, 0.29) is 0 Å². The number of nitriles is 1. The summed E-state index contributed by atoms with van der Waals surface area (Å²) in [5.41, 5.74) is 5.47. The Hall–Kier alpha value is -3.38. The molecular weight excluding hydrogens is 406 g/mol. The Morgan fingerprint density at radius 3 is 2.15 bits per heavy atom. The Morgan fingerprint density at radius 2 is 1.55 bits per heavy atom.